The van der Waals surface area contributed by atoms with E-state index in [0.29, 0.717) is 25.7 Å². The molecule has 2 heterocycles. The fourth-order valence-electron chi connectivity index (χ4n) is 3.96. The van der Waals surface area contributed by atoms with E-state index in [1.807, 2.05) is 0 Å². The van der Waals surface area contributed by atoms with Gasteiger partial charge in [-0.05, 0) is 86.6 Å². The number of rotatable bonds is 3. The van der Waals surface area contributed by atoms with Crippen LogP contribution in [0.15, 0.2) is 5.11 Å². The first-order chi connectivity index (χ1) is 16.4. The maximum absolute atomic E-state index is 12.1. The lowest BCUT2D eigenvalue weighted by Gasteiger charge is -2.37. The van der Waals surface area contributed by atoms with Crippen LogP contribution in [-0.4, -0.2) is 87.2 Å². The van der Waals surface area contributed by atoms with Gasteiger partial charge in [0.05, 0.1) is 30.8 Å². The van der Waals surface area contributed by atoms with E-state index in [-0.39, 0.29) is 38.1 Å². The summed E-state index contributed by atoms with van der Waals surface area (Å²) < 4.78 is 10.5. The van der Waals surface area contributed by atoms with Crippen LogP contribution >= 0.6 is 0 Å². The van der Waals surface area contributed by atoms with Crippen LogP contribution in [0.1, 0.15) is 88.5 Å². The Morgan fingerprint density at radius 3 is 1.59 bits per heavy atom. The molecule has 37 heavy (non-hydrogen) atoms. The van der Waals surface area contributed by atoms with E-state index in [1.54, 1.807) is 41.5 Å². The highest BCUT2D eigenvalue weighted by Crippen LogP contribution is 2.23. The third-order valence-corrected chi connectivity index (χ3v) is 5.52. The van der Waals surface area contributed by atoms with Gasteiger partial charge in [0.2, 0.25) is 0 Å². The third-order valence-electron chi connectivity index (χ3n) is 5.52. The van der Waals surface area contributed by atoms with E-state index < -0.39 is 41.6 Å². The molecule has 2 amide bonds. The van der Waals surface area contributed by atoms with Crippen molar-refractivity contribution in [1.29, 1.82) is 0 Å². The van der Waals surface area contributed by atoms with Crippen LogP contribution in [-0.2, 0) is 19.1 Å². The zero-order valence-corrected chi connectivity index (χ0v) is 22.7. The normalized spacial score (nSPS) is 23.8. The lowest BCUT2D eigenvalue weighted by molar-refractivity contribution is -0.124. The standard InChI is InChI=1S/C12H20N4O3.C12H21NO4.CH4/c1-8(17)10-6-5-9(14-15-13)7-16(10)11(18)19-12(2,3)4;1-8(14)10-6-5-9(15)7-13(10)11(16)17-12(2,3)4;/h9-10H,5-7H2,1-4H3;9-10,15H,5-7H2,1-4H3;1H4. The molecule has 2 aliphatic rings. The molecular formula is C25H45N5O7. The molecule has 2 saturated heterocycles. The molecule has 0 radical (unpaired) electrons. The monoisotopic (exact) mass is 527 g/mol. The number of carbonyl (C=O) groups is 4. The summed E-state index contributed by atoms with van der Waals surface area (Å²) in [6.07, 6.45) is 0.505. The summed E-state index contributed by atoms with van der Waals surface area (Å²) in [6.45, 7) is 13.9. The van der Waals surface area contributed by atoms with Gasteiger partial charge in [-0.2, -0.15) is 0 Å². The first-order valence-electron chi connectivity index (χ1n) is 12.2. The number of hydrogen-bond donors (Lipinski definition) is 1. The zero-order valence-electron chi connectivity index (χ0n) is 22.7. The number of azide groups is 1. The van der Waals surface area contributed by atoms with Gasteiger partial charge in [0.15, 0.2) is 11.6 Å². The van der Waals surface area contributed by atoms with Gasteiger partial charge in [-0.25, -0.2) is 9.59 Å². The van der Waals surface area contributed by atoms with Crippen LogP contribution in [0.25, 0.3) is 10.4 Å². The Morgan fingerprint density at radius 2 is 1.22 bits per heavy atom. The number of Topliss-reactive ketones (excluding diaryl/α,β-unsaturated/α-hetero) is 2. The molecule has 0 bridgehead atoms. The van der Waals surface area contributed by atoms with E-state index in [2.05, 4.69) is 10.0 Å². The van der Waals surface area contributed by atoms with Gasteiger partial charge in [-0.15, -0.1) is 0 Å². The summed E-state index contributed by atoms with van der Waals surface area (Å²) in [4.78, 5) is 52.5. The second kappa shape index (κ2) is 14.2. The third kappa shape index (κ3) is 11.8. The van der Waals surface area contributed by atoms with Crippen molar-refractivity contribution in [2.75, 3.05) is 13.1 Å². The highest BCUT2D eigenvalue weighted by atomic mass is 16.6. The van der Waals surface area contributed by atoms with E-state index in [0.717, 1.165) is 0 Å². The molecule has 0 aromatic rings. The number of β-amino-alcohol motifs (C(OH)–C–C–N with tert-alkyl or cyclic N) is 1. The van der Waals surface area contributed by atoms with Crippen molar-refractivity contribution >= 4 is 23.8 Å². The van der Waals surface area contributed by atoms with Gasteiger partial charge in [-0.1, -0.05) is 12.5 Å². The maximum atomic E-state index is 12.1. The number of piperidine rings is 2. The molecule has 0 aliphatic carbocycles. The molecule has 0 spiro atoms. The number of ketones is 2. The van der Waals surface area contributed by atoms with Gasteiger partial charge in [-0.3, -0.25) is 19.4 Å². The number of amides is 2. The molecule has 0 aromatic heterocycles. The summed E-state index contributed by atoms with van der Waals surface area (Å²) in [5, 5.41) is 13.2. The minimum Gasteiger partial charge on any atom is -0.444 e. The van der Waals surface area contributed by atoms with Crippen molar-refractivity contribution in [3.63, 3.8) is 0 Å². The molecule has 4 unspecified atom stereocenters. The van der Waals surface area contributed by atoms with E-state index in [9.17, 15) is 24.3 Å². The number of hydrogen-bond acceptors (Lipinski definition) is 8. The molecule has 4 atom stereocenters. The van der Waals surface area contributed by atoms with Crippen LogP contribution < -0.4 is 0 Å². The number of ether oxygens (including phenoxy) is 2. The molecule has 212 valence electrons. The fraction of sp³-hybridized carbons (Fsp3) is 0.840. The van der Waals surface area contributed by atoms with Gasteiger partial charge < -0.3 is 14.6 Å². The molecular weight excluding hydrogens is 482 g/mol. The van der Waals surface area contributed by atoms with Crippen molar-refractivity contribution in [3.05, 3.63) is 10.4 Å². The van der Waals surface area contributed by atoms with E-state index >= 15 is 0 Å². The highest BCUT2D eigenvalue weighted by Gasteiger charge is 2.37. The molecule has 12 heteroatoms. The lowest BCUT2D eigenvalue weighted by Crippen LogP contribution is -2.52. The van der Waals surface area contributed by atoms with Crippen LogP contribution in [0.5, 0.6) is 0 Å². The lowest BCUT2D eigenvalue weighted by atomic mass is 9.97. The summed E-state index contributed by atoms with van der Waals surface area (Å²) >= 11 is 0. The molecule has 2 aliphatic heterocycles. The minimum atomic E-state index is -0.621. The van der Waals surface area contributed by atoms with Crippen LogP contribution in [0.4, 0.5) is 9.59 Å². The minimum absolute atomic E-state index is 0. The molecule has 1 N–H and O–H groups in total. The fourth-order valence-corrected chi connectivity index (χ4v) is 3.96. The second-order valence-corrected chi connectivity index (χ2v) is 11.2. The summed E-state index contributed by atoms with van der Waals surface area (Å²) in [7, 11) is 0. The average molecular weight is 528 g/mol. The van der Waals surface area contributed by atoms with Crippen molar-refractivity contribution in [2.24, 2.45) is 5.11 Å². The van der Waals surface area contributed by atoms with Crippen molar-refractivity contribution < 1.29 is 33.8 Å². The van der Waals surface area contributed by atoms with Gasteiger partial charge in [0.25, 0.3) is 0 Å². The van der Waals surface area contributed by atoms with E-state index in [1.165, 1.54) is 23.6 Å². The summed E-state index contributed by atoms with van der Waals surface area (Å²) in [5.74, 6) is -0.145. The second-order valence-electron chi connectivity index (χ2n) is 11.2. The summed E-state index contributed by atoms with van der Waals surface area (Å²) in [5.41, 5.74) is 7.24. The number of aliphatic hydroxyl groups is 1. The first-order valence-corrected chi connectivity index (χ1v) is 12.2. The quantitative estimate of drug-likeness (QED) is 0.318. The van der Waals surface area contributed by atoms with Crippen LogP contribution in [0, 0.1) is 0 Å². The number of likely N-dealkylation sites (tertiary alicyclic amines) is 2. The number of nitrogens with zero attached hydrogens (tertiary/aromatic N) is 5. The Kier molecular flexibility index (Phi) is 13.1. The van der Waals surface area contributed by atoms with Crippen LogP contribution in [0.3, 0.4) is 0 Å². The van der Waals surface area contributed by atoms with Crippen molar-refractivity contribution in [3.8, 4) is 0 Å². The van der Waals surface area contributed by atoms with Crippen molar-refractivity contribution in [1.82, 2.24) is 9.80 Å². The summed E-state index contributed by atoms with van der Waals surface area (Å²) in [6, 6.07) is -1.25. The van der Waals surface area contributed by atoms with Gasteiger partial charge in [0, 0.05) is 11.5 Å². The SMILES string of the molecule is C.CC(=O)C1CCC(N=[N+]=[N-])CN1C(=O)OC(C)(C)C.CC(=O)C1CCC(O)CN1C(=O)OC(C)(C)C. The molecule has 2 rings (SSSR count). The molecule has 12 nitrogen and oxygen atoms in total. The predicted octanol–water partition coefficient (Wildman–Crippen LogP) is 4.63. The number of carbonyl (C=O) groups excluding carboxylic acids is 4. The predicted molar refractivity (Wildman–Crippen MR) is 139 cm³/mol. The zero-order chi connectivity index (χ0) is 27.8. The molecule has 0 aromatic carbocycles. The number of aliphatic hydroxyl groups excluding tert-OH is 1. The maximum Gasteiger partial charge on any atom is 0.410 e. The van der Waals surface area contributed by atoms with E-state index in [4.69, 9.17) is 15.0 Å². The molecule has 0 saturated carbocycles. The molecule has 2 fully saturated rings. The smallest absolute Gasteiger partial charge is 0.410 e. The van der Waals surface area contributed by atoms with Gasteiger partial charge in [0.1, 0.15) is 11.2 Å². The average Bonchev–Trinajstić information content (AvgIpc) is 2.71. The Balaban J connectivity index is 0.000000686. The Bertz CT molecular complexity index is 858. The first kappa shape index (κ1) is 34.1. The Hall–Kier alpha value is -2.85. The topological polar surface area (TPSA) is 162 Å². The van der Waals surface area contributed by atoms with Crippen LogP contribution in [0.2, 0.25) is 0 Å². The highest BCUT2D eigenvalue weighted by molar-refractivity contribution is 5.86. The largest absolute Gasteiger partial charge is 0.444 e. The van der Waals surface area contributed by atoms with Gasteiger partial charge >= 0.3 is 12.2 Å². The Labute approximate surface area is 220 Å². The Morgan fingerprint density at radius 1 is 0.811 bits per heavy atom. The van der Waals surface area contributed by atoms with Crippen molar-refractivity contribution in [2.45, 2.75) is 124 Å².